The summed E-state index contributed by atoms with van der Waals surface area (Å²) >= 11 is 0. The number of hydrogen-bond donors (Lipinski definition) is 1. The normalized spacial score (nSPS) is 11.3. The highest BCUT2D eigenvalue weighted by atomic mass is 15.3. The molecule has 0 fully saturated rings. The van der Waals surface area contributed by atoms with Crippen LogP contribution in [0.15, 0.2) is 36.5 Å². The van der Waals surface area contributed by atoms with Gasteiger partial charge in [-0.1, -0.05) is 18.2 Å². The minimum Gasteiger partial charge on any atom is -0.350 e. The minimum absolute atomic E-state index is 0.967. The fourth-order valence-corrected chi connectivity index (χ4v) is 2.67. The lowest BCUT2D eigenvalue weighted by Crippen LogP contribution is -2.12. The van der Waals surface area contributed by atoms with E-state index in [-0.39, 0.29) is 0 Å². The molecular weight excluding hydrogens is 248 g/mol. The van der Waals surface area contributed by atoms with Gasteiger partial charge >= 0.3 is 0 Å². The summed E-state index contributed by atoms with van der Waals surface area (Å²) in [6.07, 6.45) is 3.15. The van der Waals surface area contributed by atoms with Crippen LogP contribution >= 0.6 is 0 Å². The molecule has 2 heterocycles. The molecule has 3 rings (SSSR count). The molecule has 0 amide bonds. The standard InChI is InChI=1S/C16H20N4/c1-17-9-8-12-10-15(18-20(12)3)14-11-19(2)16-7-5-4-6-13(14)16/h4-7,10-11,17H,8-9H2,1-3H3. The molecule has 4 nitrogen and oxygen atoms in total. The molecule has 0 saturated carbocycles. The molecule has 0 radical (unpaired) electrons. The van der Waals surface area contributed by atoms with E-state index in [2.05, 4.69) is 58.6 Å². The highest BCUT2D eigenvalue weighted by molar-refractivity contribution is 5.95. The molecule has 104 valence electrons. The minimum atomic E-state index is 0.967. The van der Waals surface area contributed by atoms with Crippen molar-refractivity contribution in [2.75, 3.05) is 13.6 Å². The number of likely N-dealkylation sites (N-methyl/N-ethyl adjacent to an activating group) is 1. The van der Waals surface area contributed by atoms with Crippen molar-refractivity contribution in [3.63, 3.8) is 0 Å². The molecule has 20 heavy (non-hydrogen) atoms. The largest absolute Gasteiger partial charge is 0.350 e. The van der Waals surface area contributed by atoms with Gasteiger partial charge in [0, 0.05) is 55.4 Å². The van der Waals surface area contributed by atoms with Crippen molar-refractivity contribution in [2.45, 2.75) is 6.42 Å². The first-order chi connectivity index (χ1) is 9.70. The first-order valence-electron chi connectivity index (χ1n) is 6.92. The van der Waals surface area contributed by atoms with Gasteiger partial charge in [-0.05, 0) is 19.2 Å². The molecule has 0 bridgehead atoms. The van der Waals surface area contributed by atoms with Crippen molar-refractivity contribution in [2.24, 2.45) is 14.1 Å². The van der Waals surface area contributed by atoms with Crippen LogP contribution < -0.4 is 5.32 Å². The smallest absolute Gasteiger partial charge is 0.0947 e. The average Bonchev–Trinajstić information content (AvgIpc) is 2.98. The van der Waals surface area contributed by atoms with Gasteiger partial charge in [-0.2, -0.15) is 5.10 Å². The Morgan fingerprint density at radius 1 is 1.20 bits per heavy atom. The zero-order valence-electron chi connectivity index (χ0n) is 12.2. The van der Waals surface area contributed by atoms with E-state index < -0.39 is 0 Å². The second-order valence-electron chi connectivity index (χ2n) is 5.17. The molecule has 0 saturated heterocycles. The van der Waals surface area contributed by atoms with Crippen LogP contribution in [0.25, 0.3) is 22.2 Å². The third-order valence-electron chi connectivity index (χ3n) is 3.78. The first kappa shape index (κ1) is 12.9. The van der Waals surface area contributed by atoms with Crippen molar-refractivity contribution < 1.29 is 0 Å². The summed E-state index contributed by atoms with van der Waals surface area (Å²) in [5.41, 5.74) is 4.75. The molecule has 1 N–H and O–H groups in total. The highest BCUT2D eigenvalue weighted by Crippen LogP contribution is 2.29. The zero-order valence-corrected chi connectivity index (χ0v) is 12.2. The van der Waals surface area contributed by atoms with Gasteiger partial charge in [0.05, 0.1) is 5.69 Å². The molecule has 1 aromatic carbocycles. The summed E-state index contributed by atoms with van der Waals surface area (Å²) in [4.78, 5) is 0. The van der Waals surface area contributed by atoms with Crippen molar-refractivity contribution in [3.05, 3.63) is 42.2 Å². The van der Waals surface area contributed by atoms with E-state index >= 15 is 0 Å². The van der Waals surface area contributed by atoms with Crippen LogP contribution in [-0.2, 0) is 20.5 Å². The van der Waals surface area contributed by atoms with Crippen LogP contribution in [0.1, 0.15) is 5.69 Å². The van der Waals surface area contributed by atoms with Gasteiger partial charge in [0.25, 0.3) is 0 Å². The number of nitrogens with zero attached hydrogens (tertiary/aromatic N) is 3. The summed E-state index contributed by atoms with van der Waals surface area (Å²) in [6.45, 7) is 0.967. The Labute approximate surface area is 119 Å². The van der Waals surface area contributed by atoms with Crippen LogP contribution in [-0.4, -0.2) is 27.9 Å². The number of benzene rings is 1. The number of rotatable bonds is 4. The summed E-state index contributed by atoms with van der Waals surface area (Å²) in [5, 5.41) is 9.11. The third-order valence-corrected chi connectivity index (χ3v) is 3.78. The number of aromatic nitrogens is 3. The molecule has 3 aromatic rings. The summed E-state index contributed by atoms with van der Waals surface area (Å²) in [5.74, 6) is 0. The molecule has 0 aliphatic carbocycles. The second kappa shape index (κ2) is 5.13. The lowest BCUT2D eigenvalue weighted by Gasteiger charge is -1.99. The van der Waals surface area contributed by atoms with Crippen LogP contribution in [0.3, 0.4) is 0 Å². The fourth-order valence-electron chi connectivity index (χ4n) is 2.67. The maximum atomic E-state index is 4.67. The van der Waals surface area contributed by atoms with E-state index in [4.69, 9.17) is 0 Å². The van der Waals surface area contributed by atoms with E-state index in [9.17, 15) is 0 Å². The first-order valence-corrected chi connectivity index (χ1v) is 6.92. The summed E-state index contributed by atoms with van der Waals surface area (Å²) in [6, 6.07) is 10.6. The number of aryl methyl sites for hydroxylation is 2. The predicted molar refractivity (Wildman–Crippen MR) is 82.8 cm³/mol. The van der Waals surface area contributed by atoms with E-state index in [1.165, 1.54) is 22.2 Å². The van der Waals surface area contributed by atoms with Crippen molar-refractivity contribution in [3.8, 4) is 11.3 Å². The van der Waals surface area contributed by atoms with Gasteiger partial charge < -0.3 is 9.88 Å². The fraction of sp³-hybridized carbons (Fsp3) is 0.312. The molecule has 0 aliphatic rings. The van der Waals surface area contributed by atoms with Gasteiger partial charge in [0.1, 0.15) is 0 Å². The topological polar surface area (TPSA) is 34.8 Å². The number of para-hydroxylation sites is 1. The Morgan fingerprint density at radius 3 is 2.80 bits per heavy atom. The van der Waals surface area contributed by atoms with Gasteiger partial charge in [0.2, 0.25) is 0 Å². The van der Waals surface area contributed by atoms with E-state index in [0.29, 0.717) is 0 Å². The Bertz CT molecular complexity index is 736. The summed E-state index contributed by atoms with van der Waals surface area (Å²) in [7, 11) is 6.07. The number of nitrogens with one attached hydrogen (secondary N) is 1. The van der Waals surface area contributed by atoms with E-state index in [0.717, 1.165) is 18.7 Å². The average molecular weight is 268 g/mol. The van der Waals surface area contributed by atoms with Crippen LogP contribution in [0.2, 0.25) is 0 Å². The van der Waals surface area contributed by atoms with Gasteiger partial charge in [-0.15, -0.1) is 0 Å². The molecule has 0 aliphatic heterocycles. The molecule has 0 atom stereocenters. The SMILES string of the molecule is CNCCc1cc(-c2cn(C)c3ccccc23)nn1C. The summed E-state index contributed by atoms with van der Waals surface area (Å²) < 4.78 is 4.14. The quantitative estimate of drug-likeness (QED) is 0.788. The molecule has 2 aromatic heterocycles. The lowest BCUT2D eigenvalue weighted by molar-refractivity contribution is 0.683. The number of hydrogen-bond acceptors (Lipinski definition) is 2. The van der Waals surface area contributed by atoms with Gasteiger partial charge in [-0.3, -0.25) is 4.68 Å². The Kier molecular flexibility index (Phi) is 3.32. The highest BCUT2D eigenvalue weighted by Gasteiger charge is 2.12. The number of fused-ring (bicyclic) bond motifs is 1. The van der Waals surface area contributed by atoms with E-state index in [1.807, 2.05) is 18.8 Å². The Hall–Kier alpha value is -2.07. The van der Waals surface area contributed by atoms with Gasteiger partial charge in [0.15, 0.2) is 0 Å². The van der Waals surface area contributed by atoms with Crippen LogP contribution in [0, 0.1) is 0 Å². The van der Waals surface area contributed by atoms with E-state index in [1.54, 1.807) is 0 Å². The monoisotopic (exact) mass is 268 g/mol. The lowest BCUT2D eigenvalue weighted by atomic mass is 10.1. The predicted octanol–water partition coefficient (Wildman–Crippen LogP) is 2.34. The molecular formula is C16H20N4. The Morgan fingerprint density at radius 2 is 2.00 bits per heavy atom. The van der Waals surface area contributed by atoms with Crippen LogP contribution in [0.4, 0.5) is 0 Å². The second-order valence-corrected chi connectivity index (χ2v) is 5.17. The van der Waals surface area contributed by atoms with Gasteiger partial charge in [-0.25, -0.2) is 0 Å². The zero-order chi connectivity index (χ0) is 14.1. The van der Waals surface area contributed by atoms with Crippen molar-refractivity contribution >= 4 is 10.9 Å². The maximum absolute atomic E-state index is 4.67. The van der Waals surface area contributed by atoms with Crippen LogP contribution in [0.5, 0.6) is 0 Å². The molecule has 0 spiro atoms. The molecule has 4 heteroatoms. The van der Waals surface area contributed by atoms with Crippen molar-refractivity contribution in [1.82, 2.24) is 19.7 Å². The molecule has 0 unspecified atom stereocenters. The third kappa shape index (κ3) is 2.12. The van der Waals surface area contributed by atoms with Crippen molar-refractivity contribution in [1.29, 1.82) is 0 Å². The Balaban J connectivity index is 2.07. The maximum Gasteiger partial charge on any atom is 0.0947 e.